The fourth-order valence-corrected chi connectivity index (χ4v) is 2.79. The maximum atomic E-state index is 12.3. The number of carbonyl (C=O) groups excluding carboxylic acids is 1. The zero-order valence-corrected chi connectivity index (χ0v) is 11.6. The van der Waals surface area contributed by atoms with Crippen molar-refractivity contribution in [2.45, 2.75) is 52.9 Å². The number of nitrogens with zero attached hydrogens (tertiary/aromatic N) is 1. The Bertz CT molecular complexity index is 420. The lowest BCUT2D eigenvalue weighted by Gasteiger charge is -2.37. The van der Waals surface area contributed by atoms with Crippen LogP contribution in [0.15, 0.2) is 16.3 Å². The van der Waals surface area contributed by atoms with Gasteiger partial charge in [-0.25, -0.2) is 0 Å². The lowest BCUT2D eigenvalue weighted by Crippen LogP contribution is -2.35. The molecule has 1 atom stereocenters. The summed E-state index contributed by atoms with van der Waals surface area (Å²) in [6.07, 6.45) is 4.14. The molecule has 0 aromatic carbocycles. The quantitative estimate of drug-likeness (QED) is 0.815. The van der Waals surface area contributed by atoms with E-state index in [2.05, 4.69) is 25.8 Å². The molecule has 0 saturated carbocycles. The van der Waals surface area contributed by atoms with Crippen LogP contribution < -0.4 is 0 Å². The Labute approximate surface area is 109 Å². The molecule has 1 unspecified atom stereocenters. The summed E-state index contributed by atoms with van der Waals surface area (Å²) >= 11 is 0. The number of carbonyl (C=O) groups is 1. The van der Waals surface area contributed by atoms with Crippen molar-refractivity contribution in [3.63, 3.8) is 0 Å². The summed E-state index contributed by atoms with van der Waals surface area (Å²) in [5.74, 6) is 0.733. The van der Waals surface area contributed by atoms with Crippen molar-refractivity contribution < 1.29 is 9.90 Å². The van der Waals surface area contributed by atoms with Gasteiger partial charge < -0.3 is 5.11 Å². The molecule has 0 amide bonds. The van der Waals surface area contributed by atoms with Crippen LogP contribution in [0.3, 0.4) is 0 Å². The van der Waals surface area contributed by atoms with Crippen LogP contribution in [0.25, 0.3) is 0 Å². The highest BCUT2D eigenvalue weighted by Crippen LogP contribution is 2.42. The molecule has 1 aliphatic carbocycles. The van der Waals surface area contributed by atoms with Crippen LogP contribution in [0.2, 0.25) is 0 Å². The molecule has 0 saturated heterocycles. The standard InChI is InChI=1S/C15H23NO2/c1-10(2)15(3)8-12(17)14(13(18)9-15)11-6-4-5-7-16-11/h10,17H,4-9H2,1-3H3. The monoisotopic (exact) mass is 249 g/mol. The van der Waals surface area contributed by atoms with Gasteiger partial charge >= 0.3 is 0 Å². The van der Waals surface area contributed by atoms with E-state index in [-0.39, 0.29) is 17.0 Å². The summed E-state index contributed by atoms with van der Waals surface area (Å²) in [5.41, 5.74) is 1.27. The van der Waals surface area contributed by atoms with Gasteiger partial charge in [-0.3, -0.25) is 9.79 Å². The Morgan fingerprint density at radius 2 is 2.00 bits per heavy atom. The zero-order valence-electron chi connectivity index (χ0n) is 11.6. The van der Waals surface area contributed by atoms with Crippen LogP contribution in [0, 0.1) is 11.3 Å². The Hall–Kier alpha value is -1.12. The third-order valence-electron chi connectivity index (χ3n) is 4.51. The molecular weight excluding hydrogens is 226 g/mol. The van der Waals surface area contributed by atoms with E-state index in [1.54, 1.807) is 0 Å². The van der Waals surface area contributed by atoms with Gasteiger partial charge in [-0.1, -0.05) is 20.8 Å². The first-order valence-electron chi connectivity index (χ1n) is 6.93. The number of aliphatic hydroxyl groups excluding tert-OH is 1. The van der Waals surface area contributed by atoms with E-state index in [4.69, 9.17) is 0 Å². The number of Topliss-reactive ketones (excluding diaryl/α,β-unsaturated/α-hetero) is 1. The van der Waals surface area contributed by atoms with Gasteiger partial charge in [-0.15, -0.1) is 0 Å². The van der Waals surface area contributed by atoms with Gasteiger partial charge in [0.15, 0.2) is 5.78 Å². The van der Waals surface area contributed by atoms with Crippen molar-refractivity contribution in [3.05, 3.63) is 11.3 Å². The average molecular weight is 249 g/mol. The minimum atomic E-state index is -0.111. The van der Waals surface area contributed by atoms with Crippen molar-refractivity contribution in [1.82, 2.24) is 0 Å². The second-order valence-electron chi connectivity index (χ2n) is 6.19. The minimum absolute atomic E-state index is 0.0793. The third kappa shape index (κ3) is 2.36. The van der Waals surface area contributed by atoms with Crippen LogP contribution >= 0.6 is 0 Å². The van der Waals surface area contributed by atoms with E-state index in [9.17, 15) is 9.90 Å². The molecule has 0 bridgehead atoms. The minimum Gasteiger partial charge on any atom is -0.511 e. The molecular formula is C15H23NO2. The molecule has 0 radical (unpaired) electrons. The van der Waals surface area contributed by atoms with Crippen LogP contribution in [0.5, 0.6) is 0 Å². The Morgan fingerprint density at radius 1 is 1.28 bits per heavy atom. The number of aliphatic imine (C=N–C) groups is 1. The van der Waals surface area contributed by atoms with E-state index in [0.29, 0.717) is 24.3 Å². The first kappa shape index (κ1) is 13.3. The van der Waals surface area contributed by atoms with Crippen molar-refractivity contribution in [3.8, 4) is 0 Å². The third-order valence-corrected chi connectivity index (χ3v) is 4.51. The predicted octanol–water partition coefficient (Wildman–Crippen LogP) is 3.45. The molecule has 1 aliphatic heterocycles. The van der Waals surface area contributed by atoms with E-state index in [1.807, 2.05) is 0 Å². The SMILES string of the molecule is CC(C)C1(C)CC(=O)C(C2=NCCCC2)=C(O)C1. The first-order valence-corrected chi connectivity index (χ1v) is 6.93. The Morgan fingerprint density at radius 3 is 2.50 bits per heavy atom. The van der Waals surface area contributed by atoms with Crippen LogP contribution in [0.1, 0.15) is 52.9 Å². The number of ketones is 1. The van der Waals surface area contributed by atoms with Crippen molar-refractivity contribution >= 4 is 11.5 Å². The molecule has 3 heteroatoms. The highest BCUT2D eigenvalue weighted by Gasteiger charge is 2.40. The van der Waals surface area contributed by atoms with Gasteiger partial charge in [0.2, 0.25) is 0 Å². The molecule has 0 aromatic rings. The average Bonchev–Trinajstić information content (AvgIpc) is 2.29. The van der Waals surface area contributed by atoms with Crippen molar-refractivity contribution in [2.75, 3.05) is 6.54 Å². The van der Waals surface area contributed by atoms with Gasteiger partial charge in [-0.05, 0) is 30.6 Å². The second kappa shape index (κ2) is 4.87. The van der Waals surface area contributed by atoms with E-state index in [0.717, 1.165) is 31.5 Å². The molecule has 1 N–H and O–H groups in total. The summed E-state index contributed by atoms with van der Waals surface area (Å²) in [7, 11) is 0. The van der Waals surface area contributed by atoms with Crippen molar-refractivity contribution in [1.29, 1.82) is 0 Å². The smallest absolute Gasteiger partial charge is 0.168 e. The first-order chi connectivity index (χ1) is 8.44. The largest absolute Gasteiger partial charge is 0.511 e. The fourth-order valence-electron chi connectivity index (χ4n) is 2.79. The van der Waals surface area contributed by atoms with E-state index >= 15 is 0 Å². The van der Waals surface area contributed by atoms with Gasteiger partial charge in [0.05, 0.1) is 5.57 Å². The molecule has 1 heterocycles. The maximum absolute atomic E-state index is 12.3. The predicted molar refractivity (Wildman–Crippen MR) is 73.0 cm³/mol. The summed E-state index contributed by atoms with van der Waals surface area (Å²) in [6.45, 7) is 7.11. The lowest BCUT2D eigenvalue weighted by atomic mass is 9.67. The van der Waals surface area contributed by atoms with Crippen LogP contribution in [-0.2, 0) is 4.79 Å². The summed E-state index contributed by atoms with van der Waals surface area (Å²) in [6, 6.07) is 0. The fraction of sp³-hybridized carbons (Fsp3) is 0.733. The molecule has 2 aliphatic rings. The van der Waals surface area contributed by atoms with Gasteiger partial charge in [0.1, 0.15) is 5.76 Å². The van der Waals surface area contributed by atoms with E-state index < -0.39 is 0 Å². The highest BCUT2D eigenvalue weighted by atomic mass is 16.3. The number of hydrogen-bond donors (Lipinski definition) is 1. The topological polar surface area (TPSA) is 49.7 Å². The summed E-state index contributed by atoms with van der Waals surface area (Å²) in [5, 5.41) is 10.3. The number of hydrogen-bond acceptors (Lipinski definition) is 3. The molecule has 0 spiro atoms. The lowest BCUT2D eigenvalue weighted by molar-refractivity contribution is -0.119. The molecule has 3 nitrogen and oxygen atoms in total. The Balaban J connectivity index is 2.31. The maximum Gasteiger partial charge on any atom is 0.168 e. The normalized spacial score (nSPS) is 29.8. The summed E-state index contributed by atoms with van der Waals surface area (Å²) < 4.78 is 0. The van der Waals surface area contributed by atoms with Gasteiger partial charge in [0, 0.05) is 25.1 Å². The second-order valence-corrected chi connectivity index (χ2v) is 6.19. The van der Waals surface area contributed by atoms with Crippen molar-refractivity contribution in [2.24, 2.45) is 16.3 Å². The van der Waals surface area contributed by atoms with Gasteiger partial charge in [0.25, 0.3) is 0 Å². The van der Waals surface area contributed by atoms with Gasteiger partial charge in [-0.2, -0.15) is 0 Å². The van der Waals surface area contributed by atoms with Crippen LogP contribution in [0.4, 0.5) is 0 Å². The zero-order chi connectivity index (χ0) is 13.3. The highest BCUT2D eigenvalue weighted by molar-refractivity contribution is 6.23. The molecule has 0 fully saturated rings. The molecule has 18 heavy (non-hydrogen) atoms. The Kier molecular flexibility index (Phi) is 3.60. The number of allylic oxidation sites excluding steroid dienone is 2. The number of aliphatic hydroxyl groups is 1. The summed E-state index contributed by atoms with van der Waals surface area (Å²) in [4.78, 5) is 16.7. The number of rotatable bonds is 2. The molecule has 2 rings (SSSR count). The molecule has 0 aromatic heterocycles. The van der Waals surface area contributed by atoms with Crippen LogP contribution in [-0.4, -0.2) is 23.1 Å². The molecule has 100 valence electrons. The van der Waals surface area contributed by atoms with E-state index in [1.165, 1.54) is 0 Å².